The van der Waals surface area contributed by atoms with E-state index in [-0.39, 0.29) is 12.2 Å². The van der Waals surface area contributed by atoms with E-state index in [1.54, 1.807) is 18.2 Å². The van der Waals surface area contributed by atoms with Crippen molar-refractivity contribution in [1.29, 1.82) is 0 Å². The quantitative estimate of drug-likeness (QED) is 0.512. The average Bonchev–Trinajstić information content (AvgIpc) is 2.72. The molecule has 2 N–H and O–H groups in total. The number of nitrogens with zero attached hydrogens (tertiary/aromatic N) is 2. The summed E-state index contributed by atoms with van der Waals surface area (Å²) in [6, 6.07) is 12.9. The second-order valence-corrected chi connectivity index (χ2v) is 7.81. The van der Waals surface area contributed by atoms with E-state index in [1.165, 1.54) is 5.56 Å². The zero-order valence-electron chi connectivity index (χ0n) is 17.4. The SMILES string of the molecule is CCCN(Cc1nc2cc(Cl)ccc2c(=O)[nH]1)C[C@@H](O)COc1ccc(CC)cc1. The third-order valence-corrected chi connectivity index (χ3v) is 5.11. The van der Waals surface area contributed by atoms with Gasteiger partial charge in [-0.05, 0) is 55.3 Å². The van der Waals surface area contributed by atoms with Crippen molar-refractivity contribution in [3.05, 3.63) is 69.2 Å². The summed E-state index contributed by atoms with van der Waals surface area (Å²) in [7, 11) is 0. The van der Waals surface area contributed by atoms with E-state index in [1.807, 2.05) is 24.3 Å². The summed E-state index contributed by atoms with van der Waals surface area (Å²) < 4.78 is 5.72. The predicted molar refractivity (Wildman–Crippen MR) is 120 cm³/mol. The van der Waals surface area contributed by atoms with Crippen LogP contribution < -0.4 is 10.3 Å². The number of hydrogen-bond donors (Lipinski definition) is 2. The Hall–Kier alpha value is -2.41. The van der Waals surface area contributed by atoms with Gasteiger partial charge in [-0.2, -0.15) is 0 Å². The Morgan fingerprint density at radius 1 is 1.20 bits per heavy atom. The predicted octanol–water partition coefficient (Wildman–Crippen LogP) is 3.79. The number of fused-ring (bicyclic) bond motifs is 1. The topological polar surface area (TPSA) is 78.5 Å². The monoisotopic (exact) mass is 429 g/mol. The lowest BCUT2D eigenvalue weighted by Crippen LogP contribution is -2.36. The fraction of sp³-hybridized carbons (Fsp3) is 0.391. The largest absolute Gasteiger partial charge is 0.491 e. The number of aliphatic hydroxyl groups excluding tert-OH is 1. The van der Waals surface area contributed by atoms with E-state index in [2.05, 4.69) is 28.7 Å². The van der Waals surface area contributed by atoms with Crippen LogP contribution in [-0.4, -0.2) is 45.8 Å². The molecule has 3 aromatic rings. The molecule has 0 spiro atoms. The van der Waals surface area contributed by atoms with Crippen LogP contribution in [0.5, 0.6) is 5.75 Å². The molecule has 160 valence electrons. The van der Waals surface area contributed by atoms with Crippen LogP contribution in [0.4, 0.5) is 0 Å². The number of hydrogen-bond acceptors (Lipinski definition) is 5. The molecule has 0 unspecified atom stereocenters. The molecule has 0 saturated heterocycles. The van der Waals surface area contributed by atoms with Gasteiger partial charge < -0.3 is 14.8 Å². The van der Waals surface area contributed by atoms with Gasteiger partial charge in [-0.15, -0.1) is 0 Å². The minimum atomic E-state index is -0.663. The minimum absolute atomic E-state index is 0.192. The summed E-state index contributed by atoms with van der Waals surface area (Å²) in [5.74, 6) is 1.29. The highest BCUT2D eigenvalue weighted by molar-refractivity contribution is 6.31. The van der Waals surface area contributed by atoms with Crippen molar-refractivity contribution in [2.24, 2.45) is 0 Å². The number of aromatic nitrogens is 2. The van der Waals surface area contributed by atoms with Crippen LogP contribution in [0, 0.1) is 0 Å². The van der Waals surface area contributed by atoms with Crippen molar-refractivity contribution in [3.8, 4) is 5.75 Å². The third-order valence-electron chi connectivity index (χ3n) is 4.87. The molecule has 0 radical (unpaired) electrons. The lowest BCUT2D eigenvalue weighted by molar-refractivity contribution is 0.0647. The summed E-state index contributed by atoms with van der Waals surface area (Å²) >= 11 is 6.04. The van der Waals surface area contributed by atoms with Crippen molar-refractivity contribution < 1.29 is 9.84 Å². The summed E-state index contributed by atoms with van der Waals surface area (Å²) in [6.07, 6.45) is 1.23. The average molecular weight is 430 g/mol. The highest BCUT2D eigenvalue weighted by atomic mass is 35.5. The molecule has 0 saturated carbocycles. The zero-order chi connectivity index (χ0) is 21.5. The Balaban J connectivity index is 1.63. The lowest BCUT2D eigenvalue weighted by atomic mass is 10.2. The maximum absolute atomic E-state index is 12.4. The number of aryl methyl sites for hydroxylation is 1. The first-order valence-electron chi connectivity index (χ1n) is 10.3. The van der Waals surface area contributed by atoms with Crippen LogP contribution in [0.15, 0.2) is 47.3 Å². The van der Waals surface area contributed by atoms with E-state index >= 15 is 0 Å². The number of halogens is 1. The van der Waals surface area contributed by atoms with Crippen LogP contribution in [0.3, 0.4) is 0 Å². The van der Waals surface area contributed by atoms with Crippen LogP contribution in [0.2, 0.25) is 5.02 Å². The molecule has 0 amide bonds. The molecule has 0 aliphatic carbocycles. The van der Waals surface area contributed by atoms with Crippen molar-refractivity contribution in [2.75, 3.05) is 19.7 Å². The smallest absolute Gasteiger partial charge is 0.258 e. The van der Waals surface area contributed by atoms with Crippen LogP contribution in [0.1, 0.15) is 31.7 Å². The van der Waals surface area contributed by atoms with Gasteiger partial charge in [0.15, 0.2) is 0 Å². The summed E-state index contributed by atoms with van der Waals surface area (Å²) in [4.78, 5) is 21.8. The maximum atomic E-state index is 12.4. The van der Waals surface area contributed by atoms with Gasteiger partial charge in [0.05, 0.1) is 17.4 Å². The Labute approximate surface area is 181 Å². The molecule has 1 aromatic heterocycles. The van der Waals surface area contributed by atoms with Gasteiger partial charge in [0.1, 0.15) is 24.3 Å². The third kappa shape index (κ3) is 6.05. The molecule has 1 heterocycles. The first-order chi connectivity index (χ1) is 14.5. The van der Waals surface area contributed by atoms with Gasteiger partial charge >= 0.3 is 0 Å². The number of aromatic amines is 1. The van der Waals surface area contributed by atoms with E-state index in [0.717, 1.165) is 25.1 Å². The number of nitrogens with one attached hydrogen (secondary N) is 1. The lowest BCUT2D eigenvalue weighted by Gasteiger charge is -2.24. The molecule has 6 nitrogen and oxygen atoms in total. The second-order valence-electron chi connectivity index (χ2n) is 7.37. The molecular formula is C23H28ClN3O3. The zero-order valence-corrected chi connectivity index (χ0v) is 18.2. The molecule has 0 aliphatic heterocycles. The molecule has 30 heavy (non-hydrogen) atoms. The highest BCUT2D eigenvalue weighted by Crippen LogP contribution is 2.16. The van der Waals surface area contributed by atoms with E-state index < -0.39 is 6.10 Å². The minimum Gasteiger partial charge on any atom is -0.491 e. The number of benzene rings is 2. The van der Waals surface area contributed by atoms with E-state index in [9.17, 15) is 9.90 Å². The van der Waals surface area contributed by atoms with Crippen molar-refractivity contribution in [3.63, 3.8) is 0 Å². The molecule has 0 bridgehead atoms. The summed E-state index contributed by atoms with van der Waals surface area (Å²) in [6.45, 7) is 5.98. The number of H-pyrrole nitrogens is 1. The number of ether oxygens (including phenoxy) is 1. The number of aliphatic hydroxyl groups is 1. The van der Waals surface area contributed by atoms with Gasteiger partial charge in [-0.1, -0.05) is 37.6 Å². The Kier molecular flexibility index (Phi) is 7.85. The summed E-state index contributed by atoms with van der Waals surface area (Å²) in [5.41, 5.74) is 1.62. The fourth-order valence-corrected chi connectivity index (χ4v) is 3.53. The molecular weight excluding hydrogens is 402 g/mol. The van der Waals surface area contributed by atoms with Gasteiger partial charge in [0, 0.05) is 11.6 Å². The van der Waals surface area contributed by atoms with Crippen molar-refractivity contribution in [1.82, 2.24) is 14.9 Å². The molecule has 3 rings (SSSR count). The van der Waals surface area contributed by atoms with Crippen LogP contribution in [0.25, 0.3) is 10.9 Å². The highest BCUT2D eigenvalue weighted by Gasteiger charge is 2.15. The fourth-order valence-electron chi connectivity index (χ4n) is 3.36. The first kappa shape index (κ1) is 22.3. The van der Waals surface area contributed by atoms with Gasteiger partial charge in [-0.3, -0.25) is 9.69 Å². The Morgan fingerprint density at radius 2 is 1.97 bits per heavy atom. The van der Waals surface area contributed by atoms with Crippen molar-refractivity contribution >= 4 is 22.5 Å². The molecule has 1 atom stereocenters. The van der Waals surface area contributed by atoms with E-state index in [0.29, 0.717) is 34.8 Å². The van der Waals surface area contributed by atoms with Gasteiger partial charge in [-0.25, -0.2) is 4.98 Å². The number of rotatable bonds is 10. The van der Waals surface area contributed by atoms with Crippen LogP contribution in [-0.2, 0) is 13.0 Å². The molecule has 0 fully saturated rings. The first-order valence-corrected chi connectivity index (χ1v) is 10.7. The van der Waals surface area contributed by atoms with Gasteiger partial charge in [0.25, 0.3) is 5.56 Å². The van der Waals surface area contributed by atoms with Crippen molar-refractivity contribution in [2.45, 2.75) is 39.3 Å². The summed E-state index contributed by atoms with van der Waals surface area (Å²) in [5, 5.41) is 11.5. The van der Waals surface area contributed by atoms with Gasteiger partial charge in [0.2, 0.25) is 0 Å². The Morgan fingerprint density at radius 3 is 2.67 bits per heavy atom. The molecule has 0 aliphatic rings. The van der Waals surface area contributed by atoms with Crippen LogP contribution >= 0.6 is 11.6 Å². The Bertz CT molecular complexity index is 1020. The normalized spacial score (nSPS) is 12.4. The molecule has 2 aromatic carbocycles. The standard InChI is InChI=1S/C23H28ClN3O3/c1-3-11-27(13-18(28)15-30-19-8-5-16(4-2)6-9-19)14-22-25-21-12-17(24)7-10-20(21)23(29)26-22/h5-10,12,18,28H,3-4,11,13-15H2,1-2H3,(H,25,26,29)/t18-/m1/s1. The van der Waals surface area contributed by atoms with E-state index in [4.69, 9.17) is 16.3 Å². The maximum Gasteiger partial charge on any atom is 0.258 e. The molecule has 7 heteroatoms. The second kappa shape index (κ2) is 10.6.